The van der Waals surface area contributed by atoms with E-state index in [1.165, 1.54) is 0 Å². The third kappa shape index (κ3) is 2.22. The molecule has 1 aliphatic heterocycles. The average Bonchev–Trinajstić information content (AvgIpc) is 2.29. The summed E-state index contributed by atoms with van der Waals surface area (Å²) in [6.07, 6.45) is 7.00. The first kappa shape index (κ1) is 11.4. The lowest BCUT2D eigenvalue weighted by molar-refractivity contribution is -0.120. The summed E-state index contributed by atoms with van der Waals surface area (Å²) in [5, 5.41) is 9.95. The van der Waals surface area contributed by atoms with Gasteiger partial charge in [-0.2, -0.15) is 0 Å². The van der Waals surface area contributed by atoms with Gasteiger partial charge >= 0.3 is 0 Å². The largest absolute Gasteiger partial charge is 0.348 e. The minimum Gasteiger partial charge on any atom is -0.348 e. The molecule has 0 bridgehead atoms. The molecular weight excluding hydrogens is 218 g/mol. The Morgan fingerprint density at radius 2 is 2.12 bits per heavy atom. The highest BCUT2D eigenvalue weighted by Crippen LogP contribution is 2.28. The summed E-state index contributed by atoms with van der Waals surface area (Å²) >= 11 is 0. The second kappa shape index (κ2) is 4.45. The van der Waals surface area contributed by atoms with Gasteiger partial charge in [-0.15, -0.1) is 10.2 Å². The number of hydrogen-bond acceptors (Lipinski definition) is 3. The molecule has 1 atom stereocenters. The van der Waals surface area contributed by atoms with E-state index in [0.29, 0.717) is 5.57 Å². The second-order valence-electron chi connectivity index (χ2n) is 4.19. The number of nitrogens with one attached hydrogen (secondary N) is 1. The molecule has 2 rings (SSSR count). The molecule has 0 saturated heterocycles. The van der Waals surface area contributed by atoms with Gasteiger partial charge in [0.1, 0.15) is 0 Å². The van der Waals surface area contributed by atoms with Crippen LogP contribution >= 0.6 is 0 Å². The number of carbonyl (C=O) groups is 2. The van der Waals surface area contributed by atoms with Crippen molar-refractivity contribution in [3.8, 4) is 0 Å². The fourth-order valence-corrected chi connectivity index (χ4v) is 1.71. The molecule has 0 aromatic carbocycles. The van der Waals surface area contributed by atoms with Gasteiger partial charge in [0.05, 0.1) is 5.92 Å². The number of nitrogens with zero attached hydrogens (tertiary/aromatic N) is 2. The molecular formula is C12H13N3O2. The molecule has 1 aliphatic carbocycles. The zero-order valence-corrected chi connectivity index (χ0v) is 9.68. The van der Waals surface area contributed by atoms with Crippen molar-refractivity contribution in [2.24, 2.45) is 16.1 Å². The summed E-state index contributed by atoms with van der Waals surface area (Å²) < 4.78 is 0. The van der Waals surface area contributed by atoms with Crippen LogP contribution in [0.1, 0.15) is 13.8 Å². The van der Waals surface area contributed by atoms with E-state index < -0.39 is 5.92 Å². The van der Waals surface area contributed by atoms with Crippen molar-refractivity contribution in [1.82, 2.24) is 5.32 Å². The van der Waals surface area contributed by atoms with Gasteiger partial charge in [0.15, 0.2) is 5.70 Å². The summed E-state index contributed by atoms with van der Waals surface area (Å²) in [7, 11) is 0. The van der Waals surface area contributed by atoms with Crippen molar-refractivity contribution in [2.75, 3.05) is 0 Å². The first-order valence-electron chi connectivity index (χ1n) is 5.45. The van der Waals surface area contributed by atoms with E-state index in [4.69, 9.17) is 0 Å². The van der Waals surface area contributed by atoms with Crippen molar-refractivity contribution in [3.63, 3.8) is 0 Å². The van der Waals surface area contributed by atoms with Crippen LogP contribution in [0.25, 0.3) is 0 Å². The predicted octanol–water partition coefficient (Wildman–Crippen LogP) is 1.50. The molecule has 0 fully saturated rings. The highest BCUT2D eigenvalue weighted by Gasteiger charge is 2.30. The number of carbonyl (C=O) groups excluding carboxylic acids is 2. The third-order valence-electron chi connectivity index (χ3n) is 2.45. The minimum absolute atomic E-state index is 0.0185. The maximum Gasteiger partial charge on any atom is 0.276 e. The number of fused-ring (bicyclic) bond motifs is 1. The van der Waals surface area contributed by atoms with Crippen LogP contribution in [0.5, 0.6) is 0 Å². The van der Waals surface area contributed by atoms with Crippen LogP contribution in [0.4, 0.5) is 0 Å². The molecule has 0 spiro atoms. The molecule has 2 amide bonds. The zero-order valence-electron chi connectivity index (χ0n) is 9.68. The molecule has 2 aliphatic rings. The van der Waals surface area contributed by atoms with Crippen molar-refractivity contribution < 1.29 is 9.59 Å². The van der Waals surface area contributed by atoms with E-state index in [0.717, 1.165) is 0 Å². The van der Waals surface area contributed by atoms with Gasteiger partial charge in [-0.3, -0.25) is 9.59 Å². The van der Waals surface area contributed by atoms with Crippen LogP contribution in [0.2, 0.25) is 0 Å². The topological polar surface area (TPSA) is 70.9 Å². The van der Waals surface area contributed by atoms with Crippen LogP contribution in [0.3, 0.4) is 0 Å². The Balaban J connectivity index is 2.35. The first-order chi connectivity index (χ1) is 8.09. The molecule has 0 aromatic heterocycles. The van der Waals surface area contributed by atoms with Gasteiger partial charge in [0.2, 0.25) is 0 Å². The molecule has 5 nitrogen and oxygen atoms in total. The van der Waals surface area contributed by atoms with Crippen molar-refractivity contribution in [1.29, 1.82) is 0 Å². The predicted molar refractivity (Wildman–Crippen MR) is 61.9 cm³/mol. The average molecular weight is 231 g/mol. The fourth-order valence-electron chi connectivity index (χ4n) is 1.71. The lowest BCUT2D eigenvalue weighted by Gasteiger charge is -2.19. The Morgan fingerprint density at radius 1 is 1.35 bits per heavy atom. The molecule has 1 heterocycles. The number of rotatable bonds is 2. The van der Waals surface area contributed by atoms with Crippen LogP contribution in [-0.4, -0.2) is 17.9 Å². The number of allylic oxidation sites excluding steroid dienone is 3. The highest BCUT2D eigenvalue weighted by molar-refractivity contribution is 5.98. The Morgan fingerprint density at radius 3 is 2.82 bits per heavy atom. The molecule has 1 N–H and O–H groups in total. The number of amides is 2. The van der Waals surface area contributed by atoms with E-state index in [1.54, 1.807) is 24.3 Å². The van der Waals surface area contributed by atoms with Gasteiger partial charge < -0.3 is 5.32 Å². The first-order valence-corrected chi connectivity index (χ1v) is 5.45. The SMILES string of the molecule is CC(C)NC(=O)C1=C2C=CC=CC2C(=O)N=N1. The van der Waals surface area contributed by atoms with Gasteiger partial charge in [-0.25, -0.2) is 0 Å². The lowest BCUT2D eigenvalue weighted by atomic mass is 9.91. The van der Waals surface area contributed by atoms with E-state index in [2.05, 4.69) is 15.5 Å². The van der Waals surface area contributed by atoms with Crippen LogP contribution in [0, 0.1) is 5.92 Å². The quantitative estimate of drug-likeness (QED) is 0.782. The summed E-state index contributed by atoms with van der Waals surface area (Å²) in [5.41, 5.74) is 0.842. The summed E-state index contributed by atoms with van der Waals surface area (Å²) in [5.74, 6) is -1.09. The molecule has 5 heteroatoms. The molecule has 0 radical (unpaired) electrons. The maximum atomic E-state index is 11.9. The van der Waals surface area contributed by atoms with Crippen LogP contribution in [-0.2, 0) is 9.59 Å². The summed E-state index contributed by atoms with van der Waals surface area (Å²) in [4.78, 5) is 23.4. The van der Waals surface area contributed by atoms with Gasteiger partial charge in [0, 0.05) is 11.6 Å². The standard InChI is InChI=1S/C12H13N3O2/c1-7(2)13-12(17)10-8-5-3-4-6-9(8)11(16)15-14-10/h3-7,9H,1-2H3,(H,13,17). The monoisotopic (exact) mass is 231 g/mol. The van der Waals surface area contributed by atoms with Crippen molar-refractivity contribution in [2.45, 2.75) is 19.9 Å². The van der Waals surface area contributed by atoms with Crippen molar-refractivity contribution in [3.05, 3.63) is 35.6 Å². The normalized spacial score (nSPS) is 22.1. The second-order valence-corrected chi connectivity index (χ2v) is 4.19. The Hall–Kier alpha value is -2.04. The molecule has 17 heavy (non-hydrogen) atoms. The smallest absolute Gasteiger partial charge is 0.276 e. The minimum atomic E-state index is -0.467. The van der Waals surface area contributed by atoms with E-state index in [1.807, 2.05) is 13.8 Å². The highest BCUT2D eigenvalue weighted by atomic mass is 16.2. The van der Waals surface area contributed by atoms with E-state index in [-0.39, 0.29) is 23.6 Å². The maximum absolute atomic E-state index is 11.9. The molecule has 1 unspecified atom stereocenters. The Kier molecular flexibility index (Phi) is 2.99. The lowest BCUT2D eigenvalue weighted by Crippen LogP contribution is -2.33. The fraction of sp³-hybridized carbons (Fsp3) is 0.333. The molecule has 0 aromatic rings. The summed E-state index contributed by atoms with van der Waals surface area (Å²) in [6.45, 7) is 3.73. The molecule has 88 valence electrons. The molecule has 0 saturated carbocycles. The zero-order chi connectivity index (χ0) is 12.4. The van der Waals surface area contributed by atoms with Crippen LogP contribution in [0.15, 0.2) is 45.8 Å². The third-order valence-corrected chi connectivity index (χ3v) is 2.45. The Bertz CT molecular complexity index is 484. The van der Waals surface area contributed by atoms with Gasteiger partial charge in [-0.05, 0) is 13.8 Å². The van der Waals surface area contributed by atoms with Gasteiger partial charge in [-0.1, -0.05) is 24.3 Å². The number of hydrogen-bond donors (Lipinski definition) is 1. The van der Waals surface area contributed by atoms with Gasteiger partial charge in [0.25, 0.3) is 11.8 Å². The summed E-state index contributed by atoms with van der Waals surface area (Å²) in [6, 6.07) is 0.0185. The van der Waals surface area contributed by atoms with E-state index >= 15 is 0 Å². The van der Waals surface area contributed by atoms with E-state index in [9.17, 15) is 9.59 Å². The van der Waals surface area contributed by atoms with Crippen molar-refractivity contribution >= 4 is 11.8 Å². The Labute approximate surface area is 99.0 Å². The van der Waals surface area contributed by atoms with Crippen LogP contribution < -0.4 is 5.32 Å². The number of azo groups is 1.